The molecular weight excluding hydrogens is 525 g/mol. The van der Waals surface area contributed by atoms with Gasteiger partial charge in [-0.2, -0.15) is 0 Å². The zero-order valence-corrected chi connectivity index (χ0v) is 23.3. The molecule has 0 bridgehead atoms. The first-order valence-corrected chi connectivity index (χ1v) is 14.3. The van der Waals surface area contributed by atoms with E-state index in [1.165, 1.54) is 55.4 Å². The number of ether oxygens (including phenoxy) is 1. The van der Waals surface area contributed by atoms with Crippen molar-refractivity contribution in [3.05, 3.63) is 105 Å². The van der Waals surface area contributed by atoms with Gasteiger partial charge in [0.1, 0.15) is 0 Å². The molecule has 0 saturated heterocycles. The highest BCUT2D eigenvalue weighted by atomic mass is 35.5. The number of nitrogens with zero attached hydrogens (tertiary/aromatic N) is 1. The van der Waals surface area contributed by atoms with Crippen LogP contribution < -0.4 is 0 Å². The molecule has 6 heteroatoms. The first kappa shape index (κ1) is 28.0. The zero-order chi connectivity index (χ0) is 26.0. The monoisotopic (exact) mass is 557 g/mol. The number of carbonyl (C=O) groups is 1. The fraction of sp³-hybridized carbons (Fsp3) is 0.387. The number of halogens is 3. The third-order valence-corrected chi connectivity index (χ3v) is 8.01. The summed E-state index contributed by atoms with van der Waals surface area (Å²) in [5.74, 6) is 0.185. The molecule has 0 unspecified atom stereocenters. The summed E-state index contributed by atoms with van der Waals surface area (Å²) in [6.45, 7) is 1.98. The van der Waals surface area contributed by atoms with E-state index in [4.69, 9.17) is 39.5 Å². The molecule has 0 N–H and O–H groups in total. The molecule has 37 heavy (non-hydrogen) atoms. The van der Waals surface area contributed by atoms with Gasteiger partial charge in [0.15, 0.2) is 0 Å². The van der Waals surface area contributed by atoms with E-state index in [2.05, 4.69) is 65.6 Å². The molecule has 0 heterocycles. The van der Waals surface area contributed by atoms with Crippen molar-refractivity contribution in [1.29, 1.82) is 0 Å². The van der Waals surface area contributed by atoms with Crippen LogP contribution in [0.25, 0.3) is 0 Å². The van der Waals surface area contributed by atoms with Crippen LogP contribution in [-0.4, -0.2) is 23.5 Å². The van der Waals surface area contributed by atoms with Gasteiger partial charge in [0.05, 0.1) is 22.2 Å². The summed E-state index contributed by atoms with van der Waals surface area (Å²) in [5, 5.41) is 0.795. The highest BCUT2D eigenvalue weighted by molar-refractivity contribution is 6.41. The maximum atomic E-state index is 12.9. The predicted molar refractivity (Wildman–Crippen MR) is 153 cm³/mol. The van der Waals surface area contributed by atoms with Gasteiger partial charge in [-0.25, -0.2) is 4.79 Å². The van der Waals surface area contributed by atoms with Crippen LogP contribution in [0.1, 0.15) is 66.4 Å². The first-order valence-electron chi connectivity index (χ1n) is 13.1. The first-order chi connectivity index (χ1) is 18.0. The maximum Gasteiger partial charge on any atom is 0.341 e. The van der Waals surface area contributed by atoms with Gasteiger partial charge in [-0.05, 0) is 42.0 Å². The van der Waals surface area contributed by atoms with Crippen LogP contribution in [-0.2, 0) is 17.8 Å². The molecule has 0 spiro atoms. The molecule has 196 valence electrons. The molecule has 0 aromatic heterocycles. The number of benzene rings is 3. The summed E-state index contributed by atoms with van der Waals surface area (Å²) in [7, 11) is 0. The Morgan fingerprint density at radius 3 is 1.92 bits per heavy atom. The Morgan fingerprint density at radius 1 is 0.838 bits per heavy atom. The topological polar surface area (TPSA) is 29.5 Å². The lowest BCUT2D eigenvalue weighted by Crippen LogP contribution is -2.37. The molecule has 3 nitrogen and oxygen atoms in total. The van der Waals surface area contributed by atoms with Crippen LogP contribution in [0.15, 0.2) is 72.8 Å². The van der Waals surface area contributed by atoms with Crippen LogP contribution in [0.4, 0.5) is 0 Å². The van der Waals surface area contributed by atoms with Gasteiger partial charge in [-0.3, -0.25) is 4.90 Å². The Labute approximate surface area is 235 Å². The van der Waals surface area contributed by atoms with Crippen LogP contribution >= 0.6 is 34.8 Å². The number of hydrogen-bond acceptors (Lipinski definition) is 3. The minimum absolute atomic E-state index is 0.169. The fourth-order valence-corrected chi connectivity index (χ4v) is 6.28. The van der Waals surface area contributed by atoms with Crippen LogP contribution in [0, 0.1) is 5.92 Å². The normalized spacial score (nSPS) is 15.0. The zero-order valence-electron chi connectivity index (χ0n) is 21.1. The Morgan fingerprint density at radius 2 is 1.38 bits per heavy atom. The summed E-state index contributed by atoms with van der Waals surface area (Å²) >= 11 is 18.5. The highest BCUT2D eigenvalue weighted by Gasteiger charge is 2.26. The second kappa shape index (κ2) is 14.2. The molecule has 1 aliphatic carbocycles. The Bertz CT molecular complexity index is 1070. The fourth-order valence-electron chi connectivity index (χ4n) is 5.30. The smallest absolute Gasteiger partial charge is 0.341 e. The molecule has 0 aliphatic heterocycles. The summed E-state index contributed by atoms with van der Waals surface area (Å²) in [6.07, 6.45) is 8.33. The van der Waals surface area contributed by atoms with Gasteiger partial charge >= 0.3 is 5.97 Å². The van der Waals surface area contributed by atoms with E-state index in [1.54, 1.807) is 0 Å². The van der Waals surface area contributed by atoms with Gasteiger partial charge in [0, 0.05) is 24.2 Å². The summed E-state index contributed by atoms with van der Waals surface area (Å²) in [5.41, 5.74) is 2.73. The molecule has 1 fully saturated rings. The third kappa shape index (κ3) is 8.48. The van der Waals surface area contributed by atoms with Gasteiger partial charge in [0.25, 0.3) is 0 Å². The van der Waals surface area contributed by atoms with E-state index >= 15 is 0 Å². The minimum Gasteiger partial charge on any atom is -0.462 e. The lowest BCUT2D eigenvalue weighted by atomic mass is 9.83. The van der Waals surface area contributed by atoms with Crippen molar-refractivity contribution >= 4 is 40.8 Å². The number of hydrogen-bond donors (Lipinski definition) is 0. The summed E-state index contributed by atoms with van der Waals surface area (Å²) < 4.78 is 5.72. The molecule has 1 aliphatic rings. The van der Waals surface area contributed by atoms with Gasteiger partial charge in [-0.15, -0.1) is 0 Å². The maximum absolute atomic E-state index is 12.9. The van der Waals surface area contributed by atoms with E-state index in [0.29, 0.717) is 17.5 Å². The number of carbonyl (C=O) groups excluding carboxylic acids is 1. The molecular formula is C31H34Cl3NO2. The molecule has 1 atom stereocenters. The lowest BCUT2D eigenvalue weighted by molar-refractivity contribution is 0.0427. The van der Waals surface area contributed by atoms with Crippen molar-refractivity contribution in [3.63, 3.8) is 0 Å². The van der Waals surface area contributed by atoms with E-state index in [0.717, 1.165) is 25.9 Å². The lowest BCUT2D eigenvalue weighted by Gasteiger charge is -2.35. The number of rotatable bonds is 11. The van der Waals surface area contributed by atoms with Gasteiger partial charge in [0.2, 0.25) is 0 Å². The van der Waals surface area contributed by atoms with Crippen LogP contribution in [0.3, 0.4) is 0 Å². The molecule has 0 amide bonds. The summed E-state index contributed by atoms with van der Waals surface area (Å²) in [4.78, 5) is 15.4. The Kier molecular flexibility index (Phi) is 10.7. The van der Waals surface area contributed by atoms with E-state index in [-0.39, 0.29) is 21.7 Å². The SMILES string of the molecule is O=C(OCC[C@@H](CC1CCCCC1)N(Cc1ccccc1)Cc1ccccc1)c1c(Cl)cc(Cl)cc1Cl. The van der Waals surface area contributed by atoms with E-state index < -0.39 is 5.97 Å². The Balaban J connectivity index is 1.51. The highest BCUT2D eigenvalue weighted by Crippen LogP contribution is 2.32. The summed E-state index contributed by atoms with van der Waals surface area (Å²) in [6, 6.07) is 24.5. The van der Waals surface area contributed by atoms with Gasteiger partial charge in [-0.1, -0.05) is 128 Å². The van der Waals surface area contributed by atoms with Crippen molar-refractivity contribution in [3.8, 4) is 0 Å². The van der Waals surface area contributed by atoms with Crippen molar-refractivity contribution in [2.75, 3.05) is 6.61 Å². The van der Waals surface area contributed by atoms with Crippen molar-refractivity contribution in [2.45, 2.75) is 64.1 Å². The van der Waals surface area contributed by atoms with Crippen molar-refractivity contribution in [2.24, 2.45) is 5.92 Å². The predicted octanol–water partition coefficient (Wildman–Crippen LogP) is 9.24. The van der Waals surface area contributed by atoms with Crippen molar-refractivity contribution in [1.82, 2.24) is 4.90 Å². The average molecular weight is 559 g/mol. The second-order valence-electron chi connectivity index (χ2n) is 9.94. The van der Waals surface area contributed by atoms with Crippen LogP contribution in [0.5, 0.6) is 0 Å². The molecule has 0 radical (unpaired) electrons. The van der Waals surface area contributed by atoms with Crippen molar-refractivity contribution < 1.29 is 9.53 Å². The quantitative estimate of drug-likeness (QED) is 0.220. The minimum atomic E-state index is -0.513. The average Bonchev–Trinajstić information content (AvgIpc) is 2.89. The Hall–Kier alpha value is -2.04. The van der Waals surface area contributed by atoms with Gasteiger partial charge < -0.3 is 4.74 Å². The largest absolute Gasteiger partial charge is 0.462 e. The van der Waals surface area contributed by atoms with E-state index in [1.807, 2.05) is 0 Å². The van der Waals surface area contributed by atoms with E-state index in [9.17, 15) is 4.79 Å². The van der Waals surface area contributed by atoms with Crippen LogP contribution in [0.2, 0.25) is 15.1 Å². The number of esters is 1. The second-order valence-corrected chi connectivity index (χ2v) is 11.2. The molecule has 4 rings (SSSR count). The molecule has 1 saturated carbocycles. The molecule has 3 aromatic rings. The third-order valence-electron chi connectivity index (χ3n) is 7.20. The molecule has 3 aromatic carbocycles. The standard InChI is InChI=1S/C31H34Cl3NO2/c32-26-19-28(33)30(29(34)20-26)31(36)37-17-16-27(18-23-10-4-1-5-11-23)35(21-24-12-6-2-7-13-24)22-25-14-8-3-9-15-25/h2-3,6-9,12-15,19-20,23,27H,1,4-5,10-11,16-18,21-22H2/t27-/m0/s1.